The summed E-state index contributed by atoms with van der Waals surface area (Å²) in [7, 11) is 1.80. The van der Waals surface area contributed by atoms with Crippen LogP contribution < -0.4 is 5.32 Å². The van der Waals surface area contributed by atoms with E-state index in [9.17, 15) is 9.59 Å². The molecule has 3 rings (SSSR count). The number of aryl methyl sites for hydroxylation is 1. The van der Waals surface area contributed by atoms with Crippen molar-refractivity contribution >= 4 is 17.5 Å². The molecule has 0 spiro atoms. The summed E-state index contributed by atoms with van der Waals surface area (Å²) >= 11 is 0. The number of morpholine rings is 1. The maximum atomic E-state index is 12.9. The normalized spacial score (nSPS) is 20.7. The fourth-order valence-electron chi connectivity index (χ4n) is 3.69. The molecular formula is C22H33N3O3. The van der Waals surface area contributed by atoms with Gasteiger partial charge in [0.15, 0.2) is 0 Å². The van der Waals surface area contributed by atoms with Crippen molar-refractivity contribution in [1.82, 2.24) is 9.80 Å². The predicted molar refractivity (Wildman–Crippen MR) is 111 cm³/mol. The van der Waals surface area contributed by atoms with E-state index in [2.05, 4.69) is 10.2 Å². The molecule has 1 aromatic rings. The van der Waals surface area contributed by atoms with Crippen LogP contribution in [-0.4, -0.2) is 67.0 Å². The zero-order valence-corrected chi connectivity index (χ0v) is 17.5. The molecule has 2 amide bonds. The largest absolute Gasteiger partial charge is 0.378 e. The minimum absolute atomic E-state index is 0.0313. The minimum Gasteiger partial charge on any atom is -0.378 e. The van der Waals surface area contributed by atoms with Crippen LogP contribution in [0, 0.1) is 12.8 Å². The Kier molecular flexibility index (Phi) is 6.73. The van der Waals surface area contributed by atoms with Gasteiger partial charge in [0.25, 0.3) is 5.91 Å². The van der Waals surface area contributed by atoms with E-state index in [0.717, 1.165) is 18.7 Å². The van der Waals surface area contributed by atoms with Crippen molar-refractivity contribution in [1.29, 1.82) is 0 Å². The summed E-state index contributed by atoms with van der Waals surface area (Å²) < 4.78 is 5.58. The Morgan fingerprint density at radius 2 is 2.07 bits per heavy atom. The zero-order chi connectivity index (χ0) is 20.3. The first-order valence-corrected chi connectivity index (χ1v) is 10.4. The van der Waals surface area contributed by atoms with Gasteiger partial charge in [-0.25, -0.2) is 0 Å². The Labute approximate surface area is 168 Å². The van der Waals surface area contributed by atoms with Gasteiger partial charge < -0.3 is 15.0 Å². The minimum atomic E-state index is -0.270. The highest BCUT2D eigenvalue weighted by Gasteiger charge is 2.32. The van der Waals surface area contributed by atoms with Gasteiger partial charge in [0, 0.05) is 37.4 Å². The Balaban J connectivity index is 1.70. The third kappa shape index (κ3) is 4.73. The number of hydrogen-bond donors (Lipinski definition) is 1. The highest BCUT2D eigenvalue weighted by atomic mass is 16.5. The fourth-order valence-corrected chi connectivity index (χ4v) is 3.69. The first-order chi connectivity index (χ1) is 13.4. The summed E-state index contributed by atoms with van der Waals surface area (Å²) in [6.45, 7) is 8.76. The number of anilines is 1. The van der Waals surface area contributed by atoms with Crippen molar-refractivity contribution in [3.63, 3.8) is 0 Å². The fraction of sp³-hybridized carbons (Fsp3) is 0.636. The molecule has 1 atom stereocenters. The molecular weight excluding hydrogens is 354 g/mol. The van der Waals surface area contributed by atoms with Gasteiger partial charge in [0.2, 0.25) is 5.91 Å². The molecule has 0 aromatic heterocycles. The van der Waals surface area contributed by atoms with E-state index in [0.29, 0.717) is 30.4 Å². The van der Waals surface area contributed by atoms with Crippen LogP contribution in [0.2, 0.25) is 0 Å². The molecule has 28 heavy (non-hydrogen) atoms. The van der Waals surface area contributed by atoms with Gasteiger partial charge in [-0.15, -0.1) is 0 Å². The molecule has 1 N–H and O–H groups in total. The van der Waals surface area contributed by atoms with Crippen molar-refractivity contribution in [3.05, 3.63) is 29.3 Å². The summed E-state index contributed by atoms with van der Waals surface area (Å²) in [6, 6.07) is 5.38. The van der Waals surface area contributed by atoms with Gasteiger partial charge in [-0.1, -0.05) is 12.5 Å². The number of ether oxygens (including phenoxy) is 1. The summed E-state index contributed by atoms with van der Waals surface area (Å²) in [5.74, 6) is 0.623. The number of benzene rings is 1. The molecule has 0 unspecified atom stereocenters. The lowest BCUT2D eigenvalue weighted by atomic mass is 9.84. The summed E-state index contributed by atoms with van der Waals surface area (Å²) in [5.41, 5.74) is 2.19. The second-order valence-electron chi connectivity index (χ2n) is 8.41. The molecule has 154 valence electrons. The maximum Gasteiger partial charge on any atom is 0.254 e. The smallest absolute Gasteiger partial charge is 0.254 e. The van der Waals surface area contributed by atoms with E-state index < -0.39 is 0 Å². The van der Waals surface area contributed by atoms with Crippen molar-refractivity contribution in [3.8, 4) is 0 Å². The third-order valence-electron chi connectivity index (χ3n) is 6.09. The van der Waals surface area contributed by atoms with Crippen LogP contribution in [0.5, 0.6) is 0 Å². The van der Waals surface area contributed by atoms with Gasteiger partial charge >= 0.3 is 0 Å². The van der Waals surface area contributed by atoms with E-state index in [1.807, 2.05) is 32.9 Å². The second-order valence-corrected chi connectivity index (χ2v) is 8.41. The number of hydrogen-bond acceptors (Lipinski definition) is 4. The number of carbonyl (C=O) groups excluding carboxylic acids is 2. The molecule has 1 heterocycles. The molecule has 6 nitrogen and oxygen atoms in total. The van der Waals surface area contributed by atoms with Crippen LogP contribution in [0.25, 0.3) is 0 Å². The van der Waals surface area contributed by atoms with Crippen LogP contribution >= 0.6 is 0 Å². The molecule has 1 saturated carbocycles. The van der Waals surface area contributed by atoms with E-state index in [-0.39, 0.29) is 23.9 Å². The van der Waals surface area contributed by atoms with E-state index in [4.69, 9.17) is 4.74 Å². The molecule has 1 aromatic carbocycles. The lowest BCUT2D eigenvalue weighted by Gasteiger charge is -2.39. The van der Waals surface area contributed by atoms with Crippen molar-refractivity contribution in [2.45, 2.75) is 52.1 Å². The highest BCUT2D eigenvalue weighted by Crippen LogP contribution is 2.28. The molecule has 0 bridgehead atoms. The summed E-state index contributed by atoms with van der Waals surface area (Å²) in [6.07, 6.45) is 3.83. The molecule has 1 aliphatic heterocycles. The van der Waals surface area contributed by atoms with Crippen LogP contribution in [0.4, 0.5) is 5.69 Å². The molecule has 2 fully saturated rings. The van der Waals surface area contributed by atoms with Crippen molar-refractivity contribution in [2.24, 2.45) is 5.92 Å². The highest BCUT2D eigenvalue weighted by molar-refractivity contribution is 5.99. The predicted octanol–water partition coefficient (Wildman–Crippen LogP) is 2.91. The lowest BCUT2D eigenvalue weighted by Crippen LogP contribution is -2.53. The number of rotatable bonds is 6. The van der Waals surface area contributed by atoms with Gasteiger partial charge in [0.1, 0.15) is 6.04 Å². The molecule has 6 heteroatoms. The topological polar surface area (TPSA) is 61.9 Å². The SMILES string of the molecule is Cc1ccc(NC(=O)[C@@H]2COCCN2CC2CCC2)cc1C(=O)N(C)C(C)C. The quantitative estimate of drug-likeness (QED) is 0.815. The molecule has 2 aliphatic rings. The van der Waals surface area contributed by atoms with Crippen LogP contribution in [0.15, 0.2) is 18.2 Å². The van der Waals surface area contributed by atoms with Crippen molar-refractivity contribution < 1.29 is 14.3 Å². The van der Waals surface area contributed by atoms with Gasteiger partial charge in [-0.2, -0.15) is 0 Å². The average Bonchev–Trinajstić information content (AvgIpc) is 2.65. The number of amides is 2. The van der Waals surface area contributed by atoms with Gasteiger partial charge in [-0.3, -0.25) is 14.5 Å². The second kappa shape index (κ2) is 9.05. The molecule has 0 radical (unpaired) electrons. The standard InChI is InChI=1S/C22H33N3O3/c1-15(2)24(4)22(27)19-12-18(9-8-16(19)3)23-21(26)20-14-28-11-10-25(20)13-17-6-5-7-17/h8-9,12,15,17,20H,5-7,10-11,13-14H2,1-4H3,(H,23,26)/t20-/m0/s1. The molecule has 1 aliphatic carbocycles. The van der Waals surface area contributed by atoms with Gasteiger partial charge in [0.05, 0.1) is 13.2 Å². The molecule has 1 saturated heterocycles. The monoisotopic (exact) mass is 387 g/mol. The van der Waals surface area contributed by atoms with Crippen molar-refractivity contribution in [2.75, 3.05) is 38.7 Å². The van der Waals surface area contributed by atoms with E-state index in [1.165, 1.54) is 19.3 Å². The Bertz CT molecular complexity index is 715. The summed E-state index contributed by atoms with van der Waals surface area (Å²) in [5, 5.41) is 3.01. The van der Waals surface area contributed by atoms with Gasteiger partial charge in [-0.05, 0) is 57.2 Å². The number of nitrogens with one attached hydrogen (secondary N) is 1. The van der Waals surface area contributed by atoms with Crippen LogP contribution in [0.1, 0.15) is 49.0 Å². The summed E-state index contributed by atoms with van der Waals surface area (Å²) in [4.78, 5) is 29.7. The maximum absolute atomic E-state index is 12.9. The number of carbonyl (C=O) groups is 2. The van der Waals surface area contributed by atoms with Crippen LogP contribution in [0.3, 0.4) is 0 Å². The third-order valence-corrected chi connectivity index (χ3v) is 6.09. The first-order valence-electron chi connectivity index (χ1n) is 10.4. The Morgan fingerprint density at radius 1 is 1.32 bits per heavy atom. The zero-order valence-electron chi connectivity index (χ0n) is 17.5. The number of nitrogens with zero attached hydrogens (tertiary/aromatic N) is 2. The average molecular weight is 388 g/mol. The first kappa shape index (κ1) is 20.8. The Morgan fingerprint density at radius 3 is 2.71 bits per heavy atom. The lowest BCUT2D eigenvalue weighted by molar-refractivity contribution is -0.128. The van der Waals surface area contributed by atoms with E-state index >= 15 is 0 Å². The van der Waals surface area contributed by atoms with E-state index in [1.54, 1.807) is 18.0 Å². The van der Waals surface area contributed by atoms with Crippen LogP contribution in [-0.2, 0) is 9.53 Å². The Hall–Kier alpha value is -1.92.